The lowest BCUT2D eigenvalue weighted by Gasteiger charge is -2.36. The van der Waals surface area contributed by atoms with E-state index in [2.05, 4.69) is 17.1 Å². The van der Waals surface area contributed by atoms with Crippen molar-refractivity contribution in [2.75, 3.05) is 52.9 Å². The fraction of sp³-hybridized carbons (Fsp3) is 0.481. The number of carbonyl (C=O) groups is 2. The van der Waals surface area contributed by atoms with Crippen LogP contribution in [-0.2, 0) is 20.8 Å². The summed E-state index contributed by atoms with van der Waals surface area (Å²) < 4.78 is 30.7. The molecule has 9 heteroatoms. The summed E-state index contributed by atoms with van der Waals surface area (Å²) in [6.45, 7) is 5.94. The molecule has 1 aliphatic rings. The van der Waals surface area contributed by atoms with E-state index in [-0.39, 0.29) is 42.3 Å². The number of hydrogen-bond donors (Lipinski definition) is 1. The maximum Gasteiger partial charge on any atom is 0.257 e. The van der Waals surface area contributed by atoms with Gasteiger partial charge in [-0.3, -0.25) is 14.5 Å². The third-order valence-corrected chi connectivity index (χ3v) is 6.41. The summed E-state index contributed by atoms with van der Waals surface area (Å²) in [6.07, 6.45) is -0.197. The second kappa shape index (κ2) is 12.8. The fourth-order valence-corrected chi connectivity index (χ4v) is 4.34. The number of benzene rings is 2. The van der Waals surface area contributed by atoms with E-state index in [1.807, 2.05) is 13.0 Å². The Balaban J connectivity index is 1.93. The van der Waals surface area contributed by atoms with Gasteiger partial charge in [0.2, 0.25) is 5.91 Å². The van der Waals surface area contributed by atoms with Crippen LogP contribution in [0.1, 0.15) is 29.8 Å². The second-order valence-electron chi connectivity index (χ2n) is 9.35. The number of amides is 2. The predicted octanol–water partition coefficient (Wildman–Crippen LogP) is 3.42. The Kier molecular flexibility index (Phi) is 9.81. The number of rotatable bonds is 6. The number of fused-ring (bicyclic) bond motifs is 1. The lowest BCUT2D eigenvalue weighted by molar-refractivity contribution is -0.119. The van der Waals surface area contributed by atoms with Crippen LogP contribution < -0.4 is 10.1 Å². The highest BCUT2D eigenvalue weighted by molar-refractivity contribution is 5.98. The molecule has 0 saturated carbocycles. The summed E-state index contributed by atoms with van der Waals surface area (Å²) >= 11 is 0. The first-order chi connectivity index (χ1) is 17.2. The number of halogens is 1. The number of ether oxygens (including phenoxy) is 3. The predicted molar refractivity (Wildman–Crippen MR) is 136 cm³/mol. The SMILES string of the molecule is COCC(=O)Nc1ccc2c(c1)OC[C@@H](C)N(Cc1cccc(F)c1)C[C@H](C)[C@H](OC)CN(C)C2=O. The van der Waals surface area contributed by atoms with Crippen molar-refractivity contribution >= 4 is 17.5 Å². The lowest BCUT2D eigenvalue weighted by Crippen LogP contribution is -2.46. The molecule has 0 aromatic heterocycles. The smallest absolute Gasteiger partial charge is 0.257 e. The average Bonchev–Trinajstić information content (AvgIpc) is 2.84. The van der Waals surface area contributed by atoms with Crippen molar-refractivity contribution in [2.45, 2.75) is 32.5 Å². The van der Waals surface area contributed by atoms with Gasteiger partial charge < -0.3 is 24.4 Å². The number of hydrogen-bond acceptors (Lipinski definition) is 6. The average molecular weight is 502 g/mol. The largest absolute Gasteiger partial charge is 0.491 e. The van der Waals surface area contributed by atoms with Crippen molar-refractivity contribution < 1.29 is 28.2 Å². The minimum absolute atomic E-state index is 0.0555. The van der Waals surface area contributed by atoms with E-state index < -0.39 is 0 Å². The molecule has 0 radical (unpaired) electrons. The zero-order chi connectivity index (χ0) is 26.2. The Bertz CT molecular complexity index is 1050. The van der Waals surface area contributed by atoms with Crippen LogP contribution in [0, 0.1) is 11.7 Å². The van der Waals surface area contributed by atoms with E-state index in [0.717, 1.165) is 5.56 Å². The van der Waals surface area contributed by atoms with Crippen molar-refractivity contribution in [3.8, 4) is 5.75 Å². The standard InChI is InChI=1S/C27H36FN3O5/c1-18-13-31(14-20-7-6-8-21(28)11-20)19(2)16-36-24-12-22(29-26(32)17-34-4)9-10-23(24)27(33)30(3)15-25(18)35-5/h6-12,18-19,25H,13-17H2,1-5H3,(H,29,32)/t18-,19+,25+/m0/s1. The molecular formula is C27H36FN3O5. The molecule has 1 aliphatic heterocycles. The van der Waals surface area contributed by atoms with E-state index >= 15 is 0 Å². The Hall–Kier alpha value is -3.01. The van der Waals surface area contributed by atoms with Gasteiger partial charge in [-0.2, -0.15) is 0 Å². The fourth-order valence-electron chi connectivity index (χ4n) is 4.34. The molecule has 0 fully saturated rings. The molecule has 1 N–H and O–H groups in total. The summed E-state index contributed by atoms with van der Waals surface area (Å²) in [5, 5.41) is 2.75. The van der Waals surface area contributed by atoms with E-state index in [1.54, 1.807) is 49.4 Å². The summed E-state index contributed by atoms with van der Waals surface area (Å²) in [5.41, 5.74) is 1.77. The van der Waals surface area contributed by atoms with Crippen molar-refractivity contribution in [2.24, 2.45) is 5.92 Å². The highest BCUT2D eigenvalue weighted by atomic mass is 19.1. The first-order valence-electron chi connectivity index (χ1n) is 12.0. The maximum absolute atomic E-state index is 13.9. The number of methoxy groups -OCH3 is 2. The number of nitrogens with one attached hydrogen (secondary N) is 1. The highest BCUT2D eigenvalue weighted by Crippen LogP contribution is 2.27. The number of anilines is 1. The van der Waals surface area contributed by atoms with Crippen LogP contribution in [0.5, 0.6) is 5.75 Å². The molecule has 1 heterocycles. The monoisotopic (exact) mass is 501 g/mol. The Morgan fingerprint density at radius 3 is 2.64 bits per heavy atom. The Morgan fingerprint density at radius 1 is 1.17 bits per heavy atom. The summed E-state index contributed by atoms with van der Waals surface area (Å²) in [5.74, 6) is -0.300. The first kappa shape index (κ1) is 27.6. The topological polar surface area (TPSA) is 80.3 Å². The zero-order valence-electron chi connectivity index (χ0n) is 21.6. The minimum atomic E-state index is -0.305. The van der Waals surface area contributed by atoms with Crippen LogP contribution in [0.3, 0.4) is 0 Å². The van der Waals surface area contributed by atoms with Gasteiger partial charge in [-0.05, 0) is 42.7 Å². The molecule has 3 rings (SSSR count). The molecule has 196 valence electrons. The van der Waals surface area contributed by atoms with Crippen LogP contribution in [0.25, 0.3) is 0 Å². The molecule has 0 bridgehead atoms. The normalized spacial score (nSPS) is 21.7. The van der Waals surface area contributed by atoms with Crippen LogP contribution >= 0.6 is 0 Å². The van der Waals surface area contributed by atoms with E-state index in [9.17, 15) is 14.0 Å². The molecule has 8 nitrogen and oxygen atoms in total. The van der Waals surface area contributed by atoms with Gasteiger partial charge in [-0.1, -0.05) is 19.1 Å². The third-order valence-electron chi connectivity index (χ3n) is 6.41. The van der Waals surface area contributed by atoms with Crippen molar-refractivity contribution in [3.63, 3.8) is 0 Å². The zero-order valence-corrected chi connectivity index (χ0v) is 21.6. The molecule has 3 atom stereocenters. The van der Waals surface area contributed by atoms with E-state index in [4.69, 9.17) is 14.2 Å². The van der Waals surface area contributed by atoms with E-state index in [1.165, 1.54) is 13.2 Å². The van der Waals surface area contributed by atoms with Gasteiger partial charge in [0.1, 0.15) is 24.8 Å². The molecule has 36 heavy (non-hydrogen) atoms. The van der Waals surface area contributed by atoms with Crippen molar-refractivity contribution in [1.82, 2.24) is 9.80 Å². The summed E-state index contributed by atoms with van der Waals surface area (Å²) in [6, 6.07) is 11.5. The van der Waals surface area contributed by atoms with Gasteiger partial charge in [0.05, 0.1) is 11.7 Å². The molecule has 0 unspecified atom stereocenters. The number of likely N-dealkylation sites (N-methyl/N-ethyl adjacent to an activating group) is 1. The lowest BCUT2D eigenvalue weighted by atomic mass is 10.0. The van der Waals surface area contributed by atoms with E-state index in [0.29, 0.717) is 43.2 Å². The number of carbonyl (C=O) groups excluding carboxylic acids is 2. The van der Waals surface area contributed by atoms with Crippen LogP contribution in [0.4, 0.5) is 10.1 Å². The van der Waals surface area contributed by atoms with Gasteiger partial charge in [-0.25, -0.2) is 4.39 Å². The third kappa shape index (κ3) is 7.25. The minimum Gasteiger partial charge on any atom is -0.491 e. The van der Waals surface area contributed by atoms with Gasteiger partial charge >= 0.3 is 0 Å². The molecule has 0 aliphatic carbocycles. The molecule has 2 amide bonds. The van der Waals surface area contributed by atoms with Gasteiger partial charge in [-0.15, -0.1) is 0 Å². The van der Waals surface area contributed by atoms with Gasteiger partial charge in [0.25, 0.3) is 5.91 Å². The maximum atomic E-state index is 13.9. The quantitative estimate of drug-likeness (QED) is 0.654. The van der Waals surface area contributed by atoms with Gasteiger partial charge in [0.15, 0.2) is 0 Å². The second-order valence-corrected chi connectivity index (χ2v) is 9.35. The van der Waals surface area contributed by atoms with Crippen LogP contribution in [0.2, 0.25) is 0 Å². The first-order valence-corrected chi connectivity index (χ1v) is 12.0. The summed E-state index contributed by atoms with van der Waals surface area (Å²) in [4.78, 5) is 29.2. The molecular weight excluding hydrogens is 465 g/mol. The van der Waals surface area contributed by atoms with Crippen molar-refractivity contribution in [3.05, 3.63) is 59.4 Å². The molecule has 2 aromatic carbocycles. The Morgan fingerprint density at radius 2 is 1.94 bits per heavy atom. The molecule has 0 saturated heterocycles. The van der Waals surface area contributed by atoms with Crippen LogP contribution in [-0.4, -0.2) is 81.3 Å². The van der Waals surface area contributed by atoms with Crippen molar-refractivity contribution in [1.29, 1.82) is 0 Å². The Labute approximate surface area is 212 Å². The van der Waals surface area contributed by atoms with Crippen LogP contribution in [0.15, 0.2) is 42.5 Å². The summed E-state index contributed by atoms with van der Waals surface area (Å²) in [7, 11) is 4.83. The number of nitrogens with zero attached hydrogens (tertiary/aromatic N) is 2. The molecule has 2 aromatic rings. The molecule has 0 spiro atoms. The van der Waals surface area contributed by atoms with Gasteiger partial charge in [0, 0.05) is 58.7 Å². The highest BCUT2D eigenvalue weighted by Gasteiger charge is 2.28.